The normalized spacial score (nSPS) is 15.1. The minimum atomic E-state index is 0.761. The molecule has 2 N–H and O–H groups in total. The van der Waals surface area contributed by atoms with Crippen LogP contribution in [0.5, 0.6) is 0 Å². The molecule has 0 saturated heterocycles. The molecular weight excluding hydrogens is 336 g/mol. The standard InChI is InChI=1S/C16H16BrClN2/c17-15-8-13(18)5-4-12(15)10-20-7-6-14-11(9-20)2-1-3-16(14)19/h1-5,8H,6-7,9-10,19H2. The van der Waals surface area contributed by atoms with Gasteiger partial charge in [0, 0.05) is 34.8 Å². The van der Waals surface area contributed by atoms with Gasteiger partial charge in [0.15, 0.2) is 0 Å². The molecule has 1 aliphatic rings. The van der Waals surface area contributed by atoms with E-state index in [2.05, 4.69) is 33.0 Å². The predicted molar refractivity (Wildman–Crippen MR) is 87.8 cm³/mol. The minimum absolute atomic E-state index is 0.761. The molecule has 2 aromatic carbocycles. The number of anilines is 1. The van der Waals surface area contributed by atoms with Crippen molar-refractivity contribution in [1.82, 2.24) is 4.90 Å². The van der Waals surface area contributed by atoms with Crippen molar-refractivity contribution >= 4 is 33.2 Å². The van der Waals surface area contributed by atoms with E-state index in [-0.39, 0.29) is 0 Å². The smallest absolute Gasteiger partial charge is 0.0417 e. The largest absolute Gasteiger partial charge is 0.398 e. The molecule has 2 aromatic rings. The Bertz CT molecular complexity index is 642. The zero-order valence-electron chi connectivity index (χ0n) is 11.1. The molecule has 0 atom stereocenters. The summed E-state index contributed by atoms with van der Waals surface area (Å²) in [5.74, 6) is 0. The van der Waals surface area contributed by atoms with Crippen LogP contribution < -0.4 is 5.73 Å². The fraction of sp³-hybridized carbons (Fsp3) is 0.250. The van der Waals surface area contributed by atoms with Crippen LogP contribution in [0.1, 0.15) is 16.7 Å². The maximum absolute atomic E-state index is 6.04. The zero-order valence-corrected chi connectivity index (χ0v) is 13.4. The number of rotatable bonds is 2. The average molecular weight is 352 g/mol. The summed E-state index contributed by atoms with van der Waals surface area (Å²) in [5.41, 5.74) is 10.9. The lowest BCUT2D eigenvalue weighted by Crippen LogP contribution is -2.30. The molecule has 1 heterocycles. The zero-order chi connectivity index (χ0) is 14.1. The summed E-state index contributed by atoms with van der Waals surface area (Å²) in [5, 5.41) is 0.761. The van der Waals surface area contributed by atoms with E-state index in [9.17, 15) is 0 Å². The van der Waals surface area contributed by atoms with Crippen molar-refractivity contribution in [3.63, 3.8) is 0 Å². The summed E-state index contributed by atoms with van der Waals surface area (Å²) in [6.07, 6.45) is 1.02. The summed E-state index contributed by atoms with van der Waals surface area (Å²) in [7, 11) is 0. The summed E-state index contributed by atoms with van der Waals surface area (Å²) in [4.78, 5) is 2.44. The third-order valence-corrected chi connectivity index (χ3v) is 4.76. The van der Waals surface area contributed by atoms with Crippen LogP contribution in [-0.4, -0.2) is 11.4 Å². The lowest BCUT2D eigenvalue weighted by molar-refractivity contribution is 0.245. The highest BCUT2D eigenvalue weighted by atomic mass is 79.9. The summed E-state index contributed by atoms with van der Waals surface area (Å²) in [6.45, 7) is 2.91. The van der Waals surface area contributed by atoms with Gasteiger partial charge in [-0.1, -0.05) is 45.7 Å². The number of hydrogen-bond donors (Lipinski definition) is 1. The van der Waals surface area contributed by atoms with Gasteiger partial charge < -0.3 is 5.73 Å². The van der Waals surface area contributed by atoms with Crippen molar-refractivity contribution in [3.05, 3.63) is 62.6 Å². The van der Waals surface area contributed by atoms with Gasteiger partial charge in [-0.3, -0.25) is 4.90 Å². The van der Waals surface area contributed by atoms with Gasteiger partial charge in [0.05, 0.1) is 0 Å². The Morgan fingerprint density at radius 1 is 1.25 bits per heavy atom. The molecule has 0 spiro atoms. The van der Waals surface area contributed by atoms with Crippen LogP contribution in [0.2, 0.25) is 5.02 Å². The topological polar surface area (TPSA) is 29.3 Å². The van der Waals surface area contributed by atoms with Crippen molar-refractivity contribution in [2.75, 3.05) is 12.3 Å². The first-order chi connectivity index (χ1) is 9.63. The van der Waals surface area contributed by atoms with E-state index in [0.29, 0.717) is 0 Å². The van der Waals surface area contributed by atoms with Crippen molar-refractivity contribution in [2.24, 2.45) is 0 Å². The second kappa shape index (κ2) is 5.76. The fourth-order valence-electron chi connectivity index (χ4n) is 2.72. The molecule has 0 unspecified atom stereocenters. The van der Waals surface area contributed by atoms with Crippen LogP contribution in [0.3, 0.4) is 0 Å². The van der Waals surface area contributed by atoms with Crippen LogP contribution in [-0.2, 0) is 19.5 Å². The van der Waals surface area contributed by atoms with Crippen molar-refractivity contribution in [2.45, 2.75) is 19.5 Å². The molecule has 0 aromatic heterocycles. The lowest BCUT2D eigenvalue weighted by atomic mass is 9.97. The second-order valence-corrected chi connectivity index (χ2v) is 6.47. The summed E-state index contributed by atoms with van der Waals surface area (Å²) in [6, 6.07) is 12.2. The monoisotopic (exact) mass is 350 g/mol. The molecule has 0 radical (unpaired) electrons. The van der Waals surface area contributed by atoms with E-state index in [1.165, 1.54) is 16.7 Å². The van der Waals surface area contributed by atoms with Gasteiger partial charge in [0.25, 0.3) is 0 Å². The highest BCUT2D eigenvalue weighted by Crippen LogP contribution is 2.27. The maximum atomic E-state index is 6.04. The number of hydrogen-bond acceptors (Lipinski definition) is 2. The van der Waals surface area contributed by atoms with Gasteiger partial charge in [-0.2, -0.15) is 0 Å². The van der Waals surface area contributed by atoms with Gasteiger partial charge in [-0.15, -0.1) is 0 Å². The molecule has 2 nitrogen and oxygen atoms in total. The van der Waals surface area contributed by atoms with Gasteiger partial charge >= 0.3 is 0 Å². The summed E-state index contributed by atoms with van der Waals surface area (Å²) < 4.78 is 1.07. The van der Waals surface area contributed by atoms with Crippen LogP contribution >= 0.6 is 27.5 Å². The molecule has 0 amide bonds. The molecular formula is C16H16BrClN2. The van der Waals surface area contributed by atoms with Crippen LogP contribution in [0.4, 0.5) is 5.69 Å². The number of halogens is 2. The number of nitrogens with zero attached hydrogens (tertiary/aromatic N) is 1. The Morgan fingerprint density at radius 3 is 2.90 bits per heavy atom. The van der Waals surface area contributed by atoms with Crippen LogP contribution in [0.25, 0.3) is 0 Å². The average Bonchev–Trinajstić information content (AvgIpc) is 2.42. The predicted octanol–water partition coefficient (Wildman–Crippen LogP) is 4.24. The molecule has 0 fully saturated rings. The highest BCUT2D eigenvalue weighted by Gasteiger charge is 2.18. The van der Waals surface area contributed by atoms with Gasteiger partial charge in [-0.05, 0) is 41.3 Å². The van der Waals surface area contributed by atoms with Gasteiger partial charge in [0.2, 0.25) is 0 Å². The molecule has 0 bridgehead atoms. The Labute approximate surface area is 132 Å². The maximum Gasteiger partial charge on any atom is 0.0417 e. The number of benzene rings is 2. The first kappa shape index (κ1) is 13.9. The van der Waals surface area contributed by atoms with E-state index in [4.69, 9.17) is 17.3 Å². The summed E-state index contributed by atoms with van der Waals surface area (Å²) >= 11 is 9.57. The van der Waals surface area contributed by atoms with E-state index in [1.807, 2.05) is 24.3 Å². The number of fused-ring (bicyclic) bond motifs is 1. The van der Waals surface area contributed by atoms with E-state index in [0.717, 1.165) is 41.2 Å². The molecule has 104 valence electrons. The minimum Gasteiger partial charge on any atom is -0.398 e. The Hall–Kier alpha value is -1.03. The van der Waals surface area contributed by atoms with Crippen LogP contribution in [0.15, 0.2) is 40.9 Å². The Kier molecular flexibility index (Phi) is 4.01. The first-order valence-electron chi connectivity index (χ1n) is 6.66. The van der Waals surface area contributed by atoms with Crippen molar-refractivity contribution in [1.29, 1.82) is 0 Å². The molecule has 4 heteroatoms. The second-order valence-electron chi connectivity index (χ2n) is 5.18. The quantitative estimate of drug-likeness (QED) is 0.820. The Morgan fingerprint density at radius 2 is 2.10 bits per heavy atom. The third-order valence-electron chi connectivity index (χ3n) is 3.79. The van der Waals surface area contributed by atoms with Gasteiger partial charge in [-0.25, -0.2) is 0 Å². The first-order valence-corrected chi connectivity index (χ1v) is 7.83. The molecule has 0 aliphatic carbocycles. The van der Waals surface area contributed by atoms with E-state index in [1.54, 1.807) is 0 Å². The SMILES string of the molecule is Nc1cccc2c1CCN(Cc1ccc(Cl)cc1Br)C2. The van der Waals surface area contributed by atoms with Crippen LogP contribution in [0, 0.1) is 0 Å². The lowest BCUT2D eigenvalue weighted by Gasteiger charge is -2.29. The van der Waals surface area contributed by atoms with E-state index >= 15 is 0 Å². The van der Waals surface area contributed by atoms with Gasteiger partial charge in [0.1, 0.15) is 0 Å². The van der Waals surface area contributed by atoms with Crippen molar-refractivity contribution < 1.29 is 0 Å². The number of nitrogen functional groups attached to an aromatic ring is 1. The molecule has 20 heavy (non-hydrogen) atoms. The third kappa shape index (κ3) is 2.85. The fourth-order valence-corrected chi connectivity index (χ4v) is 3.53. The number of nitrogens with two attached hydrogens (primary N) is 1. The molecule has 1 aliphatic heterocycles. The van der Waals surface area contributed by atoms with Crippen molar-refractivity contribution in [3.8, 4) is 0 Å². The van der Waals surface area contributed by atoms with E-state index < -0.39 is 0 Å². The molecule has 0 saturated carbocycles. The molecule has 3 rings (SSSR count). The highest BCUT2D eigenvalue weighted by molar-refractivity contribution is 9.10. The Balaban J connectivity index is 1.77.